The summed E-state index contributed by atoms with van der Waals surface area (Å²) in [4.78, 5) is 15.5. The Labute approximate surface area is 89.9 Å². The van der Waals surface area contributed by atoms with Crippen LogP contribution in [0.25, 0.3) is 0 Å². The maximum Gasteiger partial charge on any atom is 0.224 e. The summed E-state index contributed by atoms with van der Waals surface area (Å²) in [6.07, 6.45) is 4.19. The van der Waals surface area contributed by atoms with Gasteiger partial charge >= 0.3 is 0 Å². The standard InChI is InChI=1S/C11H17N3O/c1-8-3-4-14-7-10(8)5-9(6-12)11(15)13-2/h3-4,7,9H,5-6,12H2,1-2H3,(H,13,15). The molecule has 1 aromatic heterocycles. The number of carbonyl (C=O) groups excluding carboxylic acids is 1. The molecule has 15 heavy (non-hydrogen) atoms. The number of nitrogens with zero attached hydrogens (tertiary/aromatic N) is 1. The fraction of sp³-hybridized carbons (Fsp3) is 0.455. The molecule has 1 unspecified atom stereocenters. The van der Waals surface area contributed by atoms with Crippen molar-refractivity contribution in [1.82, 2.24) is 10.3 Å². The second kappa shape index (κ2) is 5.46. The number of hydrogen-bond donors (Lipinski definition) is 2. The van der Waals surface area contributed by atoms with E-state index in [1.165, 1.54) is 0 Å². The molecule has 82 valence electrons. The van der Waals surface area contributed by atoms with E-state index in [9.17, 15) is 4.79 Å². The lowest BCUT2D eigenvalue weighted by Crippen LogP contribution is -2.34. The first-order chi connectivity index (χ1) is 7.19. The van der Waals surface area contributed by atoms with Crippen molar-refractivity contribution < 1.29 is 4.79 Å². The van der Waals surface area contributed by atoms with Gasteiger partial charge in [0.25, 0.3) is 0 Å². The molecule has 0 saturated heterocycles. The van der Waals surface area contributed by atoms with Gasteiger partial charge < -0.3 is 11.1 Å². The third-order valence-electron chi connectivity index (χ3n) is 2.52. The molecule has 0 spiro atoms. The molecule has 4 heteroatoms. The van der Waals surface area contributed by atoms with Gasteiger partial charge in [0.1, 0.15) is 0 Å². The lowest BCUT2D eigenvalue weighted by Gasteiger charge is -2.13. The van der Waals surface area contributed by atoms with Gasteiger partial charge in [-0.05, 0) is 30.5 Å². The van der Waals surface area contributed by atoms with Gasteiger partial charge in [-0.15, -0.1) is 0 Å². The number of carbonyl (C=O) groups is 1. The molecular weight excluding hydrogens is 190 g/mol. The van der Waals surface area contributed by atoms with Gasteiger partial charge in [0.05, 0.1) is 5.92 Å². The van der Waals surface area contributed by atoms with Crippen molar-refractivity contribution in [2.75, 3.05) is 13.6 Å². The third-order valence-corrected chi connectivity index (χ3v) is 2.52. The first kappa shape index (κ1) is 11.7. The smallest absolute Gasteiger partial charge is 0.224 e. The first-order valence-electron chi connectivity index (χ1n) is 5.00. The van der Waals surface area contributed by atoms with Crippen molar-refractivity contribution >= 4 is 5.91 Å². The highest BCUT2D eigenvalue weighted by Gasteiger charge is 2.16. The molecule has 1 heterocycles. The molecule has 4 nitrogen and oxygen atoms in total. The Hall–Kier alpha value is -1.42. The van der Waals surface area contributed by atoms with Crippen LogP contribution in [0.2, 0.25) is 0 Å². The largest absolute Gasteiger partial charge is 0.359 e. The Balaban J connectivity index is 2.75. The van der Waals surface area contributed by atoms with Crippen molar-refractivity contribution in [3.05, 3.63) is 29.6 Å². The highest BCUT2D eigenvalue weighted by atomic mass is 16.1. The summed E-state index contributed by atoms with van der Waals surface area (Å²) in [6, 6.07) is 1.94. The molecule has 0 aliphatic carbocycles. The zero-order valence-corrected chi connectivity index (χ0v) is 9.16. The van der Waals surface area contributed by atoms with Crippen LogP contribution in [0.4, 0.5) is 0 Å². The van der Waals surface area contributed by atoms with Crippen LogP contribution in [0.1, 0.15) is 11.1 Å². The predicted octanol–water partition coefficient (Wildman–Crippen LogP) is 0.253. The molecule has 0 saturated carbocycles. The van der Waals surface area contributed by atoms with Crippen LogP contribution in [0.3, 0.4) is 0 Å². The van der Waals surface area contributed by atoms with E-state index in [0.717, 1.165) is 11.1 Å². The predicted molar refractivity (Wildman–Crippen MR) is 59.3 cm³/mol. The molecule has 0 aromatic carbocycles. The average Bonchev–Trinajstić information content (AvgIpc) is 2.27. The normalized spacial score (nSPS) is 12.2. The van der Waals surface area contributed by atoms with E-state index in [-0.39, 0.29) is 11.8 Å². The summed E-state index contributed by atoms with van der Waals surface area (Å²) in [7, 11) is 1.63. The van der Waals surface area contributed by atoms with Crippen molar-refractivity contribution in [1.29, 1.82) is 0 Å². The van der Waals surface area contributed by atoms with E-state index < -0.39 is 0 Å². The number of hydrogen-bond acceptors (Lipinski definition) is 3. The molecule has 1 aromatic rings. The molecule has 0 radical (unpaired) electrons. The van der Waals surface area contributed by atoms with Gasteiger partial charge in [-0.3, -0.25) is 9.78 Å². The summed E-state index contributed by atoms with van der Waals surface area (Å²) >= 11 is 0. The molecule has 0 aliphatic heterocycles. The number of aryl methyl sites for hydroxylation is 1. The minimum absolute atomic E-state index is 0.0132. The van der Waals surface area contributed by atoms with Gasteiger partial charge in [-0.2, -0.15) is 0 Å². The lowest BCUT2D eigenvalue weighted by atomic mass is 9.97. The van der Waals surface area contributed by atoms with Gasteiger partial charge in [0.15, 0.2) is 0 Å². The van der Waals surface area contributed by atoms with Crippen molar-refractivity contribution in [2.24, 2.45) is 11.7 Å². The zero-order valence-electron chi connectivity index (χ0n) is 9.16. The van der Waals surface area contributed by atoms with E-state index in [1.807, 2.05) is 13.0 Å². The Morgan fingerprint density at radius 1 is 1.67 bits per heavy atom. The maximum absolute atomic E-state index is 11.4. The average molecular weight is 207 g/mol. The molecule has 0 fully saturated rings. The van der Waals surface area contributed by atoms with Crippen molar-refractivity contribution in [3.8, 4) is 0 Å². The second-order valence-electron chi connectivity index (χ2n) is 3.55. The number of nitrogens with two attached hydrogens (primary N) is 1. The number of rotatable bonds is 4. The highest BCUT2D eigenvalue weighted by Crippen LogP contribution is 2.11. The van der Waals surface area contributed by atoms with Gasteiger partial charge in [-0.25, -0.2) is 0 Å². The minimum Gasteiger partial charge on any atom is -0.359 e. The molecule has 1 rings (SSSR count). The molecule has 1 amide bonds. The topological polar surface area (TPSA) is 68.0 Å². The summed E-state index contributed by atoms with van der Waals surface area (Å²) in [5, 5.41) is 2.62. The zero-order chi connectivity index (χ0) is 11.3. The van der Waals surface area contributed by atoms with Crippen molar-refractivity contribution in [3.63, 3.8) is 0 Å². The number of pyridine rings is 1. The van der Waals surface area contributed by atoms with Gasteiger partial charge in [0, 0.05) is 26.0 Å². The summed E-state index contributed by atoms with van der Waals surface area (Å²) < 4.78 is 0. The minimum atomic E-state index is -0.169. The van der Waals surface area contributed by atoms with Gasteiger partial charge in [0.2, 0.25) is 5.91 Å². The van der Waals surface area contributed by atoms with Gasteiger partial charge in [-0.1, -0.05) is 0 Å². The van der Waals surface area contributed by atoms with E-state index >= 15 is 0 Å². The third kappa shape index (κ3) is 3.02. The second-order valence-corrected chi connectivity index (χ2v) is 3.55. The van der Waals surface area contributed by atoms with E-state index in [0.29, 0.717) is 13.0 Å². The maximum atomic E-state index is 11.4. The Morgan fingerprint density at radius 3 is 2.93 bits per heavy atom. The Morgan fingerprint density at radius 2 is 2.40 bits per heavy atom. The molecule has 0 aliphatic rings. The summed E-state index contributed by atoms with van der Waals surface area (Å²) in [6.45, 7) is 2.36. The SMILES string of the molecule is CNC(=O)C(CN)Cc1cnccc1C. The molecule has 0 bridgehead atoms. The van der Waals surface area contributed by atoms with Crippen LogP contribution in [-0.4, -0.2) is 24.5 Å². The van der Waals surface area contributed by atoms with Crippen LogP contribution in [0.5, 0.6) is 0 Å². The fourth-order valence-electron chi connectivity index (χ4n) is 1.46. The van der Waals surface area contributed by atoms with Crippen LogP contribution in [0.15, 0.2) is 18.5 Å². The summed E-state index contributed by atoms with van der Waals surface area (Å²) in [5.74, 6) is -0.182. The number of amides is 1. The van der Waals surface area contributed by atoms with Crippen LogP contribution in [-0.2, 0) is 11.2 Å². The monoisotopic (exact) mass is 207 g/mol. The van der Waals surface area contributed by atoms with E-state index in [1.54, 1.807) is 19.4 Å². The Bertz CT molecular complexity index is 338. The van der Waals surface area contributed by atoms with Crippen LogP contribution < -0.4 is 11.1 Å². The summed E-state index contributed by atoms with van der Waals surface area (Å²) in [5.41, 5.74) is 7.79. The molecule has 1 atom stereocenters. The van der Waals surface area contributed by atoms with Crippen LogP contribution >= 0.6 is 0 Å². The van der Waals surface area contributed by atoms with E-state index in [4.69, 9.17) is 5.73 Å². The highest BCUT2D eigenvalue weighted by molar-refractivity contribution is 5.78. The van der Waals surface area contributed by atoms with Crippen LogP contribution in [0, 0.1) is 12.8 Å². The van der Waals surface area contributed by atoms with E-state index in [2.05, 4.69) is 10.3 Å². The number of nitrogens with one attached hydrogen (secondary N) is 1. The first-order valence-corrected chi connectivity index (χ1v) is 5.00. The molecular formula is C11H17N3O. The lowest BCUT2D eigenvalue weighted by molar-refractivity contribution is -0.124. The quantitative estimate of drug-likeness (QED) is 0.744. The van der Waals surface area contributed by atoms with Crippen molar-refractivity contribution in [2.45, 2.75) is 13.3 Å². The molecule has 3 N–H and O–H groups in total. The Kier molecular flexibility index (Phi) is 4.24. The number of aromatic nitrogens is 1. The fourth-order valence-corrected chi connectivity index (χ4v) is 1.46.